The maximum absolute atomic E-state index is 14.6. The van der Waals surface area contributed by atoms with Gasteiger partial charge in [-0.2, -0.15) is 0 Å². The van der Waals surface area contributed by atoms with Crippen molar-refractivity contribution in [1.82, 2.24) is 5.32 Å². The summed E-state index contributed by atoms with van der Waals surface area (Å²) in [7, 11) is 0. The second kappa shape index (κ2) is 18.1. The van der Waals surface area contributed by atoms with E-state index in [0.717, 1.165) is 6.42 Å². The van der Waals surface area contributed by atoms with Gasteiger partial charge in [0.15, 0.2) is 11.6 Å². The van der Waals surface area contributed by atoms with Crippen LogP contribution in [0.4, 0.5) is 0 Å². The molecule has 13 nitrogen and oxygen atoms in total. The number of aliphatic hydroxyl groups excluding tert-OH is 1. The Morgan fingerprint density at radius 1 is 0.917 bits per heavy atom. The van der Waals surface area contributed by atoms with Crippen molar-refractivity contribution in [3.63, 3.8) is 0 Å². The molecule has 0 bridgehead atoms. The zero-order chi connectivity index (χ0) is 43.9. The number of nitrogens with one attached hydrogen (secondary N) is 1. The van der Waals surface area contributed by atoms with E-state index < -0.39 is 77.0 Å². The normalized spacial score (nSPS) is 41.4. The Hall–Kier alpha value is -2.91. The zero-order valence-electron chi connectivity index (χ0n) is 37.1. The molecule has 1 amide bonds. The smallest absolute Gasteiger partial charge is 0.305 e. The zero-order valence-corrected chi connectivity index (χ0v) is 37.1. The number of hydrogen-bond acceptors (Lipinski definition) is 11. The van der Waals surface area contributed by atoms with Gasteiger partial charge in [0.2, 0.25) is 0 Å². The van der Waals surface area contributed by atoms with Crippen LogP contribution in [-0.2, 0) is 33.3 Å². The Labute approximate surface area is 355 Å². The van der Waals surface area contributed by atoms with E-state index in [9.17, 15) is 34.8 Å². The number of carbonyl (C=O) groups is 3. The second-order valence-electron chi connectivity index (χ2n) is 19.3. The predicted molar refractivity (Wildman–Crippen MR) is 223 cm³/mol. The topological polar surface area (TPSA) is 190 Å². The lowest BCUT2D eigenvalue weighted by Gasteiger charge is -2.55. The number of Topliss-reactive ketones (excluding diaryl/α,β-unsaturated/α-hetero) is 1. The number of aromatic hydroxyl groups is 1. The highest BCUT2D eigenvalue weighted by atomic mass is 16.8. The summed E-state index contributed by atoms with van der Waals surface area (Å²) in [6.45, 7) is 17.6. The van der Waals surface area contributed by atoms with Crippen LogP contribution in [0.1, 0.15) is 137 Å². The van der Waals surface area contributed by atoms with Crippen LogP contribution in [0.2, 0.25) is 0 Å². The molecule has 2 spiro atoms. The Balaban J connectivity index is 1.26. The largest absolute Gasteiger partial charge is 0.508 e. The molecule has 5 N–H and O–H groups in total. The van der Waals surface area contributed by atoms with Gasteiger partial charge in [0, 0.05) is 35.7 Å². The van der Waals surface area contributed by atoms with E-state index >= 15 is 0 Å². The van der Waals surface area contributed by atoms with Gasteiger partial charge >= 0.3 is 5.97 Å². The lowest BCUT2D eigenvalue weighted by Crippen LogP contribution is -2.65. The van der Waals surface area contributed by atoms with E-state index in [0.29, 0.717) is 56.9 Å². The van der Waals surface area contributed by atoms with Gasteiger partial charge in [-0.1, -0.05) is 54.5 Å². The van der Waals surface area contributed by atoms with Crippen LogP contribution < -0.4 is 5.32 Å². The third-order valence-electron chi connectivity index (χ3n) is 15.1. The van der Waals surface area contributed by atoms with Gasteiger partial charge in [0.05, 0.1) is 54.2 Å². The molecule has 13 heteroatoms. The summed E-state index contributed by atoms with van der Waals surface area (Å²) in [5.41, 5.74) is -1.41. The van der Waals surface area contributed by atoms with Crippen molar-refractivity contribution in [1.29, 1.82) is 0 Å². The van der Waals surface area contributed by atoms with E-state index in [2.05, 4.69) is 19.2 Å². The molecule has 5 heterocycles. The minimum absolute atomic E-state index is 0.0381. The minimum atomic E-state index is -1.39. The second-order valence-corrected chi connectivity index (χ2v) is 19.3. The highest BCUT2D eigenvalue weighted by Gasteiger charge is 2.63. The fraction of sp³-hybridized carbons (Fsp3) is 0.766. The Morgan fingerprint density at radius 3 is 2.25 bits per heavy atom. The number of amides is 1. The Bertz CT molecular complexity index is 1720. The van der Waals surface area contributed by atoms with Gasteiger partial charge in [-0.3, -0.25) is 14.4 Å². The van der Waals surface area contributed by atoms with Gasteiger partial charge < -0.3 is 49.4 Å². The average Bonchev–Trinajstić information content (AvgIpc) is 3.55. The molecule has 60 heavy (non-hydrogen) atoms. The van der Waals surface area contributed by atoms with Crippen LogP contribution in [-0.4, -0.2) is 104 Å². The molecule has 4 fully saturated rings. The first-order valence-corrected chi connectivity index (χ1v) is 22.5. The van der Waals surface area contributed by atoms with Crippen molar-refractivity contribution in [2.24, 2.45) is 35.5 Å². The summed E-state index contributed by atoms with van der Waals surface area (Å²) in [6, 6.07) is 5.28. The van der Waals surface area contributed by atoms with Crippen molar-refractivity contribution in [3.8, 4) is 5.75 Å². The summed E-state index contributed by atoms with van der Waals surface area (Å²) in [4.78, 5) is 39.8. The van der Waals surface area contributed by atoms with Crippen LogP contribution in [0.5, 0.6) is 5.75 Å². The molecule has 0 aliphatic carbocycles. The maximum Gasteiger partial charge on any atom is 0.305 e. The van der Waals surface area contributed by atoms with E-state index in [-0.39, 0.29) is 53.8 Å². The molecule has 5 aliphatic rings. The molecule has 4 saturated heterocycles. The first-order chi connectivity index (χ1) is 28.2. The number of aliphatic carboxylic acids is 1. The van der Waals surface area contributed by atoms with Gasteiger partial charge in [-0.15, -0.1) is 0 Å². The molecular weight excluding hydrogens is 771 g/mol. The molecule has 6 rings (SSSR count). The number of rotatable bonds is 13. The highest BCUT2D eigenvalue weighted by molar-refractivity contribution is 5.94. The number of carboxylic acids is 1. The first kappa shape index (κ1) is 46.6. The number of hydrogen-bond donors (Lipinski definition) is 5. The predicted octanol–water partition coefficient (Wildman–Crippen LogP) is 6.70. The van der Waals surface area contributed by atoms with Gasteiger partial charge in [0.25, 0.3) is 5.91 Å². The molecule has 1 unspecified atom stereocenters. The fourth-order valence-electron chi connectivity index (χ4n) is 11.0. The van der Waals surface area contributed by atoms with Crippen molar-refractivity contribution in [3.05, 3.63) is 42.0 Å². The van der Waals surface area contributed by atoms with Crippen LogP contribution in [0.3, 0.4) is 0 Å². The molecular formula is C47H71NO12. The standard InChI is InChI=1S/C47H71NO12/c1-10-35(40(53)29(6)39(52)30(7)41-26(3)12-17-34(57-41)25-38(50)51)42-27(4)24-28(5)46(58-42)21-18-36(48-43(54)32-13-15-33(49)16-14-32)47(60-46)23-22-44(9,59-47)37-19-20-45(55,11-2)31(8)56-37/h13-16,18,21,26-31,34-37,39,41-42,49,52,55H,10-12,17,19-20,22-25H2,1-9H3,(H,48,54)(H,50,51)/t26-,27-,28+,29-,30-,31-,34+,35-,36?,37+,39+,41+,42-,44-,45+,46-,47-/m0/s1. The third kappa shape index (κ3) is 9.10. The van der Waals surface area contributed by atoms with Crippen LogP contribution in [0, 0.1) is 35.5 Å². The van der Waals surface area contributed by atoms with Crippen molar-refractivity contribution in [2.75, 3.05) is 0 Å². The number of benzene rings is 1. The van der Waals surface area contributed by atoms with E-state index in [4.69, 9.17) is 23.7 Å². The van der Waals surface area contributed by atoms with Crippen LogP contribution in [0.25, 0.3) is 0 Å². The lowest BCUT2D eigenvalue weighted by molar-refractivity contribution is -0.397. The number of phenolic OH excluding ortho intramolecular Hbond substituents is 1. The van der Waals surface area contributed by atoms with E-state index in [1.807, 2.05) is 53.7 Å². The number of ketones is 1. The minimum Gasteiger partial charge on any atom is -0.508 e. The van der Waals surface area contributed by atoms with Crippen LogP contribution >= 0.6 is 0 Å². The Kier molecular flexibility index (Phi) is 14.0. The lowest BCUT2D eigenvalue weighted by atomic mass is 9.72. The highest BCUT2D eigenvalue weighted by Crippen LogP contribution is 2.54. The number of phenols is 1. The summed E-state index contributed by atoms with van der Waals surface area (Å²) >= 11 is 0. The van der Waals surface area contributed by atoms with E-state index in [1.54, 1.807) is 19.1 Å². The van der Waals surface area contributed by atoms with E-state index in [1.165, 1.54) is 12.1 Å². The molecule has 1 aromatic carbocycles. The molecule has 0 aromatic heterocycles. The summed E-state index contributed by atoms with van der Waals surface area (Å²) < 4.78 is 34.3. The number of ether oxygens (including phenoxy) is 5. The summed E-state index contributed by atoms with van der Waals surface area (Å²) in [6.07, 6.45) is 5.67. The molecule has 336 valence electrons. The van der Waals surface area contributed by atoms with Crippen molar-refractivity contribution >= 4 is 17.7 Å². The third-order valence-corrected chi connectivity index (χ3v) is 15.1. The quantitative estimate of drug-likeness (QED) is 0.133. The molecule has 5 aliphatic heterocycles. The fourth-order valence-corrected chi connectivity index (χ4v) is 11.0. The van der Waals surface area contributed by atoms with Gasteiger partial charge in [-0.05, 0) is 107 Å². The summed E-state index contributed by atoms with van der Waals surface area (Å²) in [5.74, 6) is -5.92. The molecule has 0 radical (unpaired) electrons. The molecule has 0 saturated carbocycles. The van der Waals surface area contributed by atoms with Crippen LogP contribution in [0.15, 0.2) is 36.4 Å². The molecule has 1 aromatic rings. The summed E-state index contributed by atoms with van der Waals surface area (Å²) in [5, 5.41) is 45.4. The van der Waals surface area contributed by atoms with Crippen molar-refractivity contribution < 1.29 is 58.5 Å². The van der Waals surface area contributed by atoms with Gasteiger partial charge in [0.1, 0.15) is 17.6 Å². The SMILES string of the molecule is CC[C@@H](C(=O)[C@@H](C)[C@@H](O)[C@H](C)[C@@H]1O[C@@H](CC(=O)O)CC[C@@H]1C)[C@H]1O[C@]2(C=CC(NC(=O)c3ccc(O)cc3)[C@]3(CC[C@@](C)([C@H]4CC[C@](O)(CC)[C@H](C)O4)O3)O2)[C@H](C)C[C@@H]1C. The average molecular weight is 842 g/mol. The Morgan fingerprint density at radius 2 is 1.62 bits per heavy atom. The van der Waals surface area contributed by atoms with Gasteiger partial charge in [-0.25, -0.2) is 0 Å². The monoisotopic (exact) mass is 841 g/mol. The number of carboxylic acid groups (broad SMARTS) is 1. The first-order valence-electron chi connectivity index (χ1n) is 22.5. The van der Waals surface area contributed by atoms with Crippen molar-refractivity contribution in [2.45, 2.75) is 192 Å². The number of aliphatic hydroxyl groups is 2. The number of carbonyl (C=O) groups excluding carboxylic acids is 2. The molecule has 17 atom stereocenters. The maximum atomic E-state index is 14.6.